The van der Waals surface area contributed by atoms with Crippen LogP contribution in [0.25, 0.3) is 0 Å². The van der Waals surface area contributed by atoms with Crippen LogP contribution in [-0.2, 0) is 0 Å². The quantitative estimate of drug-likeness (QED) is 0.572. The fourth-order valence-electron chi connectivity index (χ4n) is 2.36. The molecule has 0 amide bonds. The summed E-state index contributed by atoms with van der Waals surface area (Å²) >= 11 is 0. The summed E-state index contributed by atoms with van der Waals surface area (Å²) in [6, 6.07) is 10.7. The fraction of sp³-hybridized carbons (Fsp3) is 0.462. The predicted octanol–water partition coefficient (Wildman–Crippen LogP) is 1.68. The molecule has 86 valence electrons. The highest BCUT2D eigenvalue weighted by Crippen LogP contribution is 2.26. The van der Waals surface area contributed by atoms with Crippen molar-refractivity contribution >= 4 is 5.96 Å². The molecule has 0 aromatic heterocycles. The lowest BCUT2D eigenvalue weighted by atomic mass is 9.99. The molecule has 1 atom stereocenters. The summed E-state index contributed by atoms with van der Waals surface area (Å²) in [7, 11) is 3.76. The summed E-state index contributed by atoms with van der Waals surface area (Å²) in [5, 5.41) is 3.14. The third-order valence-corrected chi connectivity index (χ3v) is 3.19. The van der Waals surface area contributed by atoms with Gasteiger partial charge in [-0.15, -0.1) is 0 Å². The molecule has 1 heterocycles. The third-order valence-electron chi connectivity index (χ3n) is 3.19. The molecule has 1 aromatic rings. The number of likely N-dealkylation sites (tertiary alicyclic amines) is 1. The second-order valence-corrected chi connectivity index (χ2v) is 4.14. The minimum atomic E-state index is 0.645. The molecule has 1 aliphatic heterocycles. The van der Waals surface area contributed by atoms with Gasteiger partial charge in [-0.1, -0.05) is 30.3 Å². The van der Waals surface area contributed by atoms with Gasteiger partial charge in [0.15, 0.2) is 5.96 Å². The van der Waals surface area contributed by atoms with Crippen LogP contribution in [0.2, 0.25) is 0 Å². The summed E-state index contributed by atoms with van der Waals surface area (Å²) in [6.45, 7) is 2.16. The highest BCUT2D eigenvalue weighted by Gasteiger charge is 2.25. The molecule has 0 saturated carbocycles. The Balaban J connectivity index is 2.04. The number of hydrogen-bond donors (Lipinski definition) is 1. The number of rotatable bonds is 1. The van der Waals surface area contributed by atoms with E-state index in [1.54, 1.807) is 0 Å². The van der Waals surface area contributed by atoms with E-state index in [1.165, 1.54) is 12.0 Å². The zero-order chi connectivity index (χ0) is 11.4. The Morgan fingerprint density at radius 2 is 2.12 bits per heavy atom. The van der Waals surface area contributed by atoms with Gasteiger partial charge < -0.3 is 10.2 Å². The number of aliphatic imine (C=N–C) groups is 1. The van der Waals surface area contributed by atoms with Crippen molar-refractivity contribution in [3.63, 3.8) is 0 Å². The van der Waals surface area contributed by atoms with Crippen LogP contribution in [0.4, 0.5) is 0 Å². The van der Waals surface area contributed by atoms with Crippen molar-refractivity contribution in [1.29, 1.82) is 0 Å². The Kier molecular flexibility index (Phi) is 3.44. The van der Waals surface area contributed by atoms with E-state index >= 15 is 0 Å². The van der Waals surface area contributed by atoms with E-state index in [0.717, 1.165) is 19.0 Å². The molecule has 0 bridgehead atoms. The third kappa shape index (κ3) is 2.18. The van der Waals surface area contributed by atoms with Crippen LogP contribution in [0.15, 0.2) is 35.3 Å². The zero-order valence-corrected chi connectivity index (χ0v) is 9.98. The molecular weight excluding hydrogens is 198 g/mol. The van der Waals surface area contributed by atoms with Crippen molar-refractivity contribution in [2.45, 2.75) is 12.3 Å². The average molecular weight is 217 g/mol. The fourth-order valence-corrected chi connectivity index (χ4v) is 2.36. The van der Waals surface area contributed by atoms with E-state index in [0.29, 0.717) is 5.92 Å². The average Bonchev–Trinajstić information content (AvgIpc) is 2.81. The molecule has 0 aliphatic carbocycles. The zero-order valence-electron chi connectivity index (χ0n) is 9.98. The van der Waals surface area contributed by atoms with E-state index in [4.69, 9.17) is 0 Å². The van der Waals surface area contributed by atoms with Crippen LogP contribution in [-0.4, -0.2) is 38.0 Å². The lowest BCUT2D eigenvalue weighted by Gasteiger charge is -2.19. The molecule has 1 aromatic carbocycles. The van der Waals surface area contributed by atoms with E-state index in [-0.39, 0.29) is 0 Å². The van der Waals surface area contributed by atoms with Gasteiger partial charge in [-0.2, -0.15) is 0 Å². The number of hydrogen-bond acceptors (Lipinski definition) is 1. The summed E-state index contributed by atoms with van der Waals surface area (Å²) in [5.41, 5.74) is 1.44. The molecule has 0 spiro atoms. The molecule has 2 rings (SSSR count). The Labute approximate surface area is 97.2 Å². The summed E-state index contributed by atoms with van der Waals surface area (Å²) in [5.74, 6) is 1.64. The first-order valence-corrected chi connectivity index (χ1v) is 5.79. The van der Waals surface area contributed by atoms with Crippen LogP contribution < -0.4 is 5.32 Å². The molecule has 0 radical (unpaired) electrons. The minimum absolute atomic E-state index is 0.645. The van der Waals surface area contributed by atoms with E-state index in [9.17, 15) is 0 Å². The molecule has 1 unspecified atom stereocenters. The van der Waals surface area contributed by atoms with Crippen LogP contribution in [0.3, 0.4) is 0 Å². The second kappa shape index (κ2) is 5.01. The molecule has 3 nitrogen and oxygen atoms in total. The van der Waals surface area contributed by atoms with Crippen LogP contribution in [0.5, 0.6) is 0 Å². The van der Waals surface area contributed by atoms with E-state index in [2.05, 4.69) is 45.5 Å². The van der Waals surface area contributed by atoms with Crippen molar-refractivity contribution < 1.29 is 0 Å². The summed E-state index contributed by atoms with van der Waals surface area (Å²) in [6.07, 6.45) is 1.21. The monoisotopic (exact) mass is 217 g/mol. The normalized spacial score (nSPS) is 21.2. The Morgan fingerprint density at radius 3 is 2.75 bits per heavy atom. The topological polar surface area (TPSA) is 27.6 Å². The lowest BCUT2D eigenvalue weighted by Crippen LogP contribution is -2.37. The van der Waals surface area contributed by atoms with E-state index in [1.807, 2.05) is 14.1 Å². The smallest absolute Gasteiger partial charge is 0.193 e. The standard InChI is InChI=1S/C13H19N3/c1-14-13(15-2)16-9-8-12(10-16)11-6-4-3-5-7-11/h3-7,12H,8-10H2,1-2H3,(H,14,15). The Morgan fingerprint density at radius 1 is 1.38 bits per heavy atom. The minimum Gasteiger partial charge on any atom is -0.359 e. The first-order chi connectivity index (χ1) is 7.85. The van der Waals surface area contributed by atoms with Crippen molar-refractivity contribution in [2.75, 3.05) is 27.2 Å². The summed E-state index contributed by atoms with van der Waals surface area (Å²) < 4.78 is 0. The van der Waals surface area contributed by atoms with Gasteiger partial charge >= 0.3 is 0 Å². The first kappa shape index (κ1) is 11.0. The van der Waals surface area contributed by atoms with Crippen molar-refractivity contribution in [2.24, 2.45) is 4.99 Å². The highest BCUT2D eigenvalue weighted by atomic mass is 15.3. The number of nitrogens with one attached hydrogen (secondary N) is 1. The van der Waals surface area contributed by atoms with Crippen LogP contribution in [0.1, 0.15) is 17.9 Å². The Bertz CT molecular complexity index is 359. The molecule has 1 saturated heterocycles. The number of benzene rings is 1. The molecule has 1 N–H and O–H groups in total. The number of guanidine groups is 1. The maximum absolute atomic E-state index is 4.25. The number of nitrogens with zero attached hydrogens (tertiary/aromatic N) is 2. The van der Waals surface area contributed by atoms with E-state index < -0.39 is 0 Å². The van der Waals surface area contributed by atoms with Crippen LogP contribution >= 0.6 is 0 Å². The Hall–Kier alpha value is -1.51. The maximum atomic E-state index is 4.25. The largest absolute Gasteiger partial charge is 0.359 e. The van der Waals surface area contributed by atoms with Gasteiger partial charge in [0.2, 0.25) is 0 Å². The molecule has 3 heteroatoms. The van der Waals surface area contributed by atoms with Crippen molar-refractivity contribution in [1.82, 2.24) is 10.2 Å². The second-order valence-electron chi connectivity index (χ2n) is 4.14. The highest BCUT2D eigenvalue weighted by molar-refractivity contribution is 5.79. The summed E-state index contributed by atoms with van der Waals surface area (Å²) in [4.78, 5) is 6.57. The first-order valence-electron chi connectivity index (χ1n) is 5.79. The van der Waals surface area contributed by atoms with Crippen molar-refractivity contribution in [3.8, 4) is 0 Å². The van der Waals surface area contributed by atoms with Crippen molar-refractivity contribution in [3.05, 3.63) is 35.9 Å². The van der Waals surface area contributed by atoms with Gasteiger partial charge in [0.05, 0.1) is 0 Å². The van der Waals surface area contributed by atoms with Gasteiger partial charge in [-0.05, 0) is 12.0 Å². The predicted molar refractivity (Wildman–Crippen MR) is 67.8 cm³/mol. The molecular formula is C13H19N3. The van der Waals surface area contributed by atoms with Gasteiger partial charge in [0, 0.05) is 33.1 Å². The molecule has 16 heavy (non-hydrogen) atoms. The molecule has 1 aliphatic rings. The SMILES string of the molecule is CN=C(NC)N1CCC(c2ccccc2)C1. The maximum Gasteiger partial charge on any atom is 0.193 e. The lowest BCUT2D eigenvalue weighted by molar-refractivity contribution is 0.492. The van der Waals surface area contributed by atoms with Gasteiger partial charge in [0.25, 0.3) is 0 Å². The van der Waals surface area contributed by atoms with Gasteiger partial charge in [0.1, 0.15) is 0 Å². The molecule has 1 fully saturated rings. The van der Waals surface area contributed by atoms with Crippen LogP contribution in [0, 0.1) is 0 Å². The van der Waals surface area contributed by atoms with Gasteiger partial charge in [-0.3, -0.25) is 4.99 Å². The van der Waals surface area contributed by atoms with Gasteiger partial charge in [-0.25, -0.2) is 0 Å².